The molecule has 250 valence electrons. The number of carbonyl (C=O) groups excluding carboxylic acids is 1. The minimum Gasteiger partial charge on any atom is -0.487 e. The Morgan fingerprint density at radius 2 is 1.89 bits per heavy atom. The van der Waals surface area contributed by atoms with Crippen molar-refractivity contribution in [3.05, 3.63) is 99.9 Å². The number of anilines is 1. The maximum Gasteiger partial charge on any atom is 0.264 e. The van der Waals surface area contributed by atoms with E-state index in [1.807, 2.05) is 56.3 Å². The summed E-state index contributed by atoms with van der Waals surface area (Å²) in [5.74, 6) is -0.276. The van der Waals surface area contributed by atoms with Gasteiger partial charge in [-0.25, -0.2) is 13.1 Å². The van der Waals surface area contributed by atoms with Gasteiger partial charge in [0.05, 0.1) is 10.9 Å². The number of benzene rings is 2. The molecule has 8 nitrogen and oxygen atoms in total. The highest BCUT2D eigenvalue weighted by Crippen LogP contribution is 2.49. The van der Waals surface area contributed by atoms with Crippen molar-refractivity contribution < 1.29 is 23.1 Å². The van der Waals surface area contributed by atoms with Gasteiger partial charge in [0.1, 0.15) is 18.0 Å². The molecule has 2 N–H and O–H groups in total. The van der Waals surface area contributed by atoms with Crippen LogP contribution in [-0.2, 0) is 28.7 Å². The summed E-state index contributed by atoms with van der Waals surface area (Å²) in [5, 5.41) is 12.3. The van der Waals surface area contributed by atoms with Crippen molar-refractivity contribution in [2.24, 2.45) is 17.8 Å². The minimum absolute atomic E-state index is 0.0759. The van der Waals surface area contributed by atoms with Crippen molar-refractivity contribution in [1.29, 1.82) is 0 Å². The van der Waals surface area contributed by atoms with E-state index in [1.54, 1.807) is 31.3 Å². The monoisotopic (exact) mass is 677 g/mol. The van der Waals surface area contributed by atoms with Crippen LogP contribution in [0.3, 0.4) is 0 Å². The number of pyridine rings is 1. The van der Waals surface area contributed by atoms with Crippen LogP contribution in [0.4, 0.5) is 5.69 Å². The van der Waals surface area contributed by atoms with E-state index in [9.17, 15) is 18.3 Å². The lowest BCUT2D eigenvalue weighted by molar-refractivity contribution is -0.0501. The van der Waals surface area contributed by atoms with Gasteiger partial charge in [-0.05, 0) is 112 Å². The van der Waals surface area contributed by atoms with Gasteiger partial charge in [-0.2, -0.15) is 0 Å². The molecule has 1 amide bonds. The summed E-state index contributed by atoms with van der Waals surface area (Å²) < 4.78 is 35.6. The van der Waals surface area contributed by atoms with Crippen LogP contribution in [0, 0.1) is 24.7 Å². The first-order chi connectivity index (χ1) is 22.4. The molecular formula is C37H44ClN3O5S. The molecule has 1 fully saturated rings. The molecule has 0 spiro atoms. The number of aryl methyl sites for hydroxylation is 2. The summed E-state index contributed by atoms with van der Waals surface area (Å²) in [7, 11) is -3.99. The van der Waals surface area contributed by atoms with Gasteiger partial charge in [-0.1, -0.05) is 42.8 Å². The molecule has 1 aliphatic carbocycles. The van der Waals surface area contributed by atoms with Crippen LogP contribution in [0.5, 0.6) is 5.75 Å². The second-order valence-electron chi connectivity index (χ2n) is 13.5. The Morgan fingerprint density at radius 3 is 2.64 bits per heavy atom. The molecule has 1 aromatic heterocycles. The van der Waals surface area contributed by atoms with Gasteiger partial charge in [0.15, 0.2) is 0 Å². The molecule has 2 aromatic carbocycles. The summed E-state index contributed by atoms with van der Waals surface area (Å²) in [6, 6.07) is 14.9. The summed E-state index contributed by atoms with van der Waals surface area (Å²) >= 11 is 6.35. The Bertz CT molecular complexity index is 1760. The number of hydrogen-bond acceptors (Lipinski definition) is 7. The number of nitrogens with one attached hydrogen (secondary N) is 1. The fraction of sp³-hybridized carbons (Fsp3) is 0.459. The molecule has 0 unspecified atom stereocenters. The van der Waals surface area contributed by atoms with E-state index in [1.165, 1.54) is 0 Å². The fourth-order valence-electron chi connectivity index (χ4n) is 7.11. The number of allylic oxidation sites excluding steroid dienone is 1. The second kappa shape index (κ2) is 13.6. The molecule has 0 saturated heterocycles. The zero-order chi connectivity index (χ0) is 33.3. The molecule has 47 heavy (non-hydrogen) atoms. The first-order valence-corrected chi connectivity index (χ1v) is 18.6. The molecular weight excluding hydrogens is 634 g/mol. The fourth-order valence-corrected chi connectivity index (χ4v) is 8.59. The van der Waals surface area contributed by atoms with Crippen LogP contribution in [-0.4, -0.2) is 42.8 Å². The van der Waals surface area contributed by atoms with Crippen molar-refractivity contribution in [3.63, 3.8) is 0 Å². The number of rotatable bonds is 1. The third-order valence-corrected chi connectivity index (χ3v) is 12.6. The lowest BCUT2D eigenvalue weighted by atomic mass is 9.62. The van der Waals surface area contributed by atoms with Crippen molar-refractivity contribution in [3.8, 4) is 5.75 Å². The van der Waals surface area contributed by atoms with Crippen molar-refractivity contribution in [2.75, 3.05) is 18.0 Å². The van der Waals surface area contributed by atoms with E-state index in [0.29, 0.717) is 36.9 Å². The number of nitrogens with zero attached hydrogens (tertiary/aromatic N) is 2. The molecule has 1 saturated carbocycles. The van der Waals surface area contributed by atoms with Gasteiger partial charge in [-0.15, -0.1) is 0 Å². The van der Waals surface area contributed by atoms with Gasteiger partial charge in [0.25, 0.3) is 5.91 Å². The Hall–Kier alpha value is -3.40. The number of sulfonamides is 1. The topological polar surface area (TPSA) is 109 Å². The number of halogens is 1. The molecule has 2 bridgehead atoms. The Morgan fingerprint density at radius 1 is 1.06 bits per heavy atom. The lowest BCUT2D eigenvalue weighted by Crippen LogP contribution is -2.48. The summed E-state index contributed by atoms with van der Waals surface area (Å²) in [5.41, 5.74) is 3.54. The standard InChI is InChI=1S/C37H44ClN3O5S/c1-24-7-6-17-37(43,31-13-9-25(2)39-21-31)33-15-11-29(33)22-41-18-5-4-8-27-19-32(38)14-10-30(27)23-46-35-16-12-28(20-34(35)41)36(42)40-47(44,45)26(24)3/h6,9-10,12-14,16-17,19-21,24,26,29,33,43H,4-5,7-8,11,15,18,22-23H2,1-3H3,(H,40,42)/b17-6+/t24-,26+,29-,33+,37+/m0/s1. The molecule has 3 aromatic rings. The number of amides is 1. The largest absolute Gasteiger partial charge is 0.487 e. The number of fused-ring (bicyclic) bond motifs is 3. The normalized spacial score (nSPS) is 28.7. The van der Waals surface area contributed by atoms with Crippen LogP contribution in [0.1, 0.15) is 78.7 Å². The van der Waals surface area contributed by atoms with E-state index >= 15 is 0 Å². The maximum absolute atomic E-state index is 13.5. The molecule has 10 heteroatoms. The minimum atomic E-state index is -3.99. The van der Waals surface area contributed by atoms with Gasteiger partial charge < -0.3 is 14.7 Å². The quantitative estimate of drug-likeness (QED) is 0.275. The third-order valence-electron chi connectivity index (χ3n) is 10.5. The van der Waals surface area contributed by atoms with Gasteiger partial charge in [-0.3, -0.25) is 9.78 Å². The van der Waals surface area contributed by atoms with Crippen molar-refractivity contribution >= 4 is 33.2 Å². The molecule has 2 aliphatic heterocycles. The number of ether oxygens (including phenoxy) is 1. The number of hydrogen-bond donors (Lipinski definition) is 2. The smallest absolute Gasteiger partial charge is 0.264 e. The zero-order valence-corrected chi connectivity index (χ0v) is 28.9. The van der Waals surface area contributed by atoms with Crippen molar-refractivity contribution in [2.45, 2.75) is 76.8 Å². The predicted octanol–water partition coefficient (Wildman–Crippen LogP) is 6.72. The SMILES string of the molecule is Cc1ccc([C@]2(O)/C=C/C[C@H](C)[C@@H](C)S(=O)(=O)NC(=O)c3ccc4c(c3)N(CCCCc3cc(Cl)ccc3CO4)C[C@@H]3CC[C@H]32)cn1. The van der Waals surface area contributed by atoms with E-state index in [4.69, 9.17) is 16.3 Å². The van der Waals surface area contributed by atoms with Crippen LogP contribution >= 0.6 is 11.6 Å². The molecule has 3 aliphatic rings. The number of carbonyl (C=O) groups is 1. The molecule has 6 rings (SSSR count). The maximum atomic E-state index is 13.5. The Kier molecular flexibility index (Phi) is 9.70. The van der Waals surface area contributed by atoms with E-state index < -0.39 is 26.8 Å². The molecule has 5 atom stereocenters. The van der Waals surface area contributed by atoms with E-state index in [-0.39, 0.29) is 23.3 Å². The first-order valence-electron chi connectivity index (χ1n) is 16.6. The Balaban J connectivity index is 1.43. The van der Waals surface area contributed by atoms with Crippen LogP contribution in [0.2, 0.25) is 5.02 Å². The molecule has 3 heterocycles. The van der Waals surface area contributed by atoms with Gasteiger partial charge in [0.2, 0.25) is 10.0 Å². The van der Waals surface area contributed by atoms with Crippen LogP contribution < -0.4 is 14.4 Å². The summed E-state index contributed by atoms with van der Waals surface area (Å²) in [6.07, 6.45) is 10.4. The third kappa shape index (κ3) is 7.08. The Labute approximate surface area is 283 Å². The number of aromatic nitrogens is 1. The van der Waals surface area contributed by atoms with Crippen LogP contribution in [0.25, 0.3) is 0 Å². The summed E-state index contributed by atoms with van der Waals surface area (Å²) in [4.78, 5) is 20.2. The van der Waals surface area contributed by atoms with Gasteiger partial charge >= 0.3 is 0 Å². The summed E-state index contributed by atoms with van der Waals surface area (Å²) in [6.45, 7) is 7.07. The second-order valence-corrected chi connectivity index (χ2v) is 16.0. The first kappa shape index (κ1) is 33.5. The molecule has 0 radical (unpaired) electrons. The van der Waals surface area contributed by atoms with E-state index in [0.717, 1.165) is 60.2 Å². The average molecular weight is 678 g/mol. The van der Waals surface area contributed by atoms with Crippen molar-refractivity contribution in [1.82, 2.24) is 9.71 Å². The highest BCUT2D eigenvalue weighted by Gasteiger charge is 2.47. The predicted molar refractivity (Wildman–Crippen MR) is 185 cm³/mol. The van der Waals surface area contributed by atoms with Gasteiger partial charge in [0, 0.05) is 47.0 Å². The lowest BCUT2D eigenvalue weighted by Gasteiger charge is -2.48. The average Bonchev–Trinajstić information content (AvgIpc) is 3.05. The van der Waals surface area contributed by atoms with Crippen LogP contribution in [0.15, 0.2) is 66.9 Å². The number of aliphatic hydroxyl groups is 1. The zero-order valence-electron chi connectivity index (χ0n) is 27.3. The highest BCUT2D eigenvalue weighted by atomic mass is 35.5. The highest BCUT2D eigenvalue weighted by molar-refractivity contribution is 7.90. The van der Waals surface area contributed by atoms with E-state index in [2.05, 4.69) is 14.6 Å².